The number of amides is 1. The van der Waals surface area contributed by atoms with Gasteiger partial charge in [-0.15, -0.1) is 8.78 Å². The first-order chi connectivity index (χ1) is 16.2. The summed E-state index contributed by atoms with van der Waals surface area (Å²) in [6.45, 7) is 3.80. The largest absolute Gasteiger partial charge is 0.487 e. The van der Waals surface area contributed by atoms with Crippen molar-refractivity contribution in [2.75, 3.05) is 23.3 Å². The summed E-state index contributed by atoms with van der Waals surface area (Å²) in [4.78, 5) is 23.5. The van der Waals surface area contributed by atoms with Gasteiger partial charge in [0.05, 0.1) is 11.8 Å². The third-order valence-electron chi connectivity index (χ3n) is 5.65. The number of aromatic nitrogens is 2. The Balaban J connectivity index is 1.59. The van der Waals surface area contributed by atoms with Gasteiger partial charge in [-0.3, -0.25) is 9.78 Å². The molecule has 3 heterocycles. The normalized spacial score (nSPS) is 15.9. The van der Waals surface area contributed by atoms with Crippen molar-refractivity contribution in [3.05, 3.63) is 66.4 Å². The fraction of sp³-hybridized carbons (Fsp3) is 0.292. The Bertz CT molecular complexity index is 1170. The molecule has 10 heteroatoms. The molecule has 6 nitrogen and oxygen atoms in total. The lowest BCUT2D eigenvalue weighted by Crippen LogP contribution is -2.22. The van der Waals surface area contributed by atoms with E-state index in [1.54, 1.807) is 6.07 Å². The summed E-state index contributed by atoms with van der Waals surface area (Å²) in [6.07, 6.45) is 6.20. The van der Waals surface area contributed by atoms with E-state index in [4.69, 9.17) is 11.6 Å². The average Bonchev–Trinajstić information content (AvgIpc) is 3.28. The van der Waals surface area contributed by atoms with Crippen LogP contribution in [0.3, 0.4) is 0 Å². The van der Waals surface area contributed by atoms with Crippen LogP contribution in [0.1, 0.15) is 30.1 Å². The first-order valence-corrected chi connectivity index (χ1v) is 11.1. The van der Waals surface area contributed by atoms with Crippen molar-refractivity contribution < 1.29 is 22.7 Å². The zero-order valence-corrected chi connectivity index (χ0v) is 19.0. The van der Waals surface area contributed by atoms with Gasteiger partial charge in [-0.05, 0) is 48.7 Å². The number of ether oxygens (including phenoxy) is 1. The molecule has 0 bridgehead atoms. The minimum Gasteiger partial charge on any atom is -0.420 e. The van der Waals surface area contributed by atoms with Crippen LogP contribution in [0.2, 0.25) is 0 Å². The molecule has 2 aromatic heterocycles. The number of rotatable bonds is 7. The smallest absolute Gasteiger partial charge is 0.420 e. The van der Waals surface area contributed by atoms with E-state index in [0.29, 0.717) is 28.6 Å². The van der Waals surface area contributed by atoms with E-state index >= 15 is 0 Å². The molecule has 178 valence electrons. The van der Waals surface area contributed by atoms with Gasteiger partial charge >= 0.3 is 5.57 Å². The van der Waals surface area contributed by atoms with E-state index in [0.717, 1.165) is 32.1 Å². The van der Waals surface area contributed by atoms with Crippen molar-refractivity contribution in [2.45, 2.75) is 25.3 Å². The maximum Gasteiger partial charge on any atom is 0.487 e. The zero-order valence-electron chi connectivity index (χ0n) is 18.3. The molecule has 0 unspecified atom stereocenters. The minimum absolute atomic E-state index is 0.152. The van der Waals surface area contributed by atoms with Crippen molar-refractivity contribution in [1.82, 2.24) is 9.97 Å². The van der Waals surface area contributed by atoms with Gasteiger partial charge in [-0.25, -0.2) is 9.37 Å². The first-order valence-electron chi connectivity index (χ1n) is 10.7. The second-order valence-electron chi connectivity index (χ2n) is 8.02. The molecule has 1 amide bonds. The quantitative estimate of drug-likeness (QED) is 0.415. The summed E-state index contributed by atoms with van der Waals surface area (Å²) < 4.78 is 43.7. The highest BCUT2D eigenvalue weighted by Gasteiger charge is 2.28. The van der Waals surface area contributed by atoms with Crippen LogP contribution < -0.4 is 15.0 Å². The lowest BCUT2D eigenvalue weighted by molar-refractivity contribution is -0.0964. The average molecular weight is 491 g/mol. The van der Waals surface area contributed by atoms with Crippen molar-refractivity contribution in [1.29, 1.82) is 0 Å². The number of nitrogens with zero attached hydrogens (tertiary/aromatic N) is 3. The molecule has 0 spiro atoms. The van der Waals surface area contributed by atoms with E-state index in [2.05, 4.69) is 31.8 Å². The van der Waals surface area contributed by atoms with Crippen molar-refractivity contribution >= 4 is 29.0 Å². The first kappa shape index (κ1) is 23.8. The molecule has 1 aromatic carbocycles. The van der Waals surface area contributed by atoms with Crippen LogP contribution in [0.25, 0.3) is 11.1 Å². The van der Waals surface area contributed by atoms with Gasteiger partial charge in [0.25, 0.3) is 5.91 Å². The van der Waals surface area contributed by atoms with Crippen LogP contribution in [0.15, 0.2) is 55.0 Å². The van der Waals surface area contributed by atoms with Crippen LogP contribution in [0, 0.1) is 11.7 Å². The lowest BCUT2D eigenvalue weighted by Gasteiger charge is -2.21. The molecule has 0 radical (unpaired) electrons. The number of carbonyl (C=O) groups excluding carboxylic acids is 1. The van der Waals surface area contributed by atoms with Crippen LogP contribution in [-0.2, 0) is 0 Å². The van der Waals surface area contributed by atoms with Crippen LogP contribution >= 0.6 is 11.6 Å². The Morgan fingerprint density at radius 3 is 2.65 bits per heavy atom. The molecule has 0 aliphatic carbocycles. The van der Waals surface area contributed by atoms with E-state index in [1.165, 1.54) is 42.7 Å². The number of carbonyl (C=O) groups is 1. The highest BCUT2D eigenvalue weighted by molar-refractivity contribution is 6.20. The summed E-state index contributed by atoms with van der Waals surface area (Å²) in [5, 5.41) is 2.69. The monoisotopic (exact) mass is 490 g/mol. The molecular weight excluding hydrogens is 469 g/mol. The van der Waals surface area contributed by atoms with Gasteiger partial charge in [0.1, 0.15) is 17.4 Å². The van der Waals surface area contributed by atoms with Crippen molar-refractivity contribution in [3.63, 3.8) is 0 Å². The van der Waals surface area contributed by atoms with Gasteiger partial charge in [0.15, 0.2) is 0 Å². The van der Waals surface area contributed by atoms with Gasteiger partial charge in [0.2, 0.25) is 0 Å². The van der Waals surface area contributed by atoms with Gasteiger partial charge in [-0.2, -0.15) is 0 Å². The second-order valence-corrected chi connectivity index (χ2v) is 8.46. The number of alkyl halides is 3. The topological polar surface area (TPSA) is 67.4 Å². The number of nitrogens with one attached hydrogen (secondary N) is 1. The van der Waals surface area contributed by atoms with Gasteiger partial charge in [-0.1, -0.05) is 13.3 Å². The summed E-state index contributed by atoms with van der Waals surface area (Å²) in [7, 11) is 0. The molecule has 1 aliphatic rings. The molecule has 1 saturated heterocycles. The Labute approximate surface area is 199 Å². The minimum atomic E-state index is -3.83. The number of benzene rings is 1. The van der Waals surface area contributed by atoms with Gasteiger partial charge < -0.3 is 15.0 Å². The molecule has 3 aromatic rings. The Kier molecular flexibility index (Phi) is 6.92. The Hall–Kier alpha value is -3.33. The summed E-state index contributed by atoms with van der Waals surface area (Å²) in [5.41, 5.74) is -2.10. The van der Waals surface area contributed by atoms with Crippen molar-refractivity contribution in [2.24, 2.45) is 5.92 Å². The number of pyridine rings is 2. The third kappa shape index (κ3) is 5.77. The number of anilines is 2. The maximum absolute atomic E-state index is 13.9. The number of hydrogen-bond acceptors (Lipinski definition) is 5. The van der Waals surface area contributed by atoms with Crippen molar-refractivity contribution in [3.8, 4) is 16.9 Å². The van der Waals surface area contributed by atoms with E-state index in [1.807, 2.05) is 0 Å². The molecular formula is C24H22ClF3N4O2. The molecule has 1 atom stereocenters. The molecule has 34 heavy (non-hydrogen) atoms. The predicted molar refractivity (Wildman–Crippen MR) is 124 cm³/mol. The number of hydrogen-bond donors (Lipinski definition) is 1. The highest BCUT2D eigenvalue weighted by Crippen LogP contribution is 2.34. The molecule has 1 N–H and O–H groups in total. The van der Waals surface area contributed by atoms with E-state index in [-0.39, 0.29) is 11.3 Å². The third-order valence-corrected chi connectivity index (χ3v) is 5.73. The Morgan fingerprint density at radius 2 is 2.00 bits per heavy atom. The summed E-state index contributed by atoms with van der Waals surface area (Å²) in [6, 6.07) is 8.34. The fourth-order valence-corrected chi connectivity index (χ4v) is 4.00. The second kappa shape index (κ2) is 9.89. The fourth-order valence-electron chi connectivity index (χ4n) is 3.91. The van der Waals surface area contributed by atoms with E-state index < -0.39 is 17.3 Å². The highest BCUT2D eigenvalue weighted by atomic mass is 35.5. The standard InChI is InChI=1S/C24H22ClF3N4O2/c1-2-15-7-8-32(14-15)22-21(16-9-18(26)13-29-11-16)10-17(12-30-22)23(33)31-19-3-5-20(6-4-19)34-24(25,27)28/h3-6,9-13,15H,2,7-8,14H2,1H3,(H,31,33)/t15-/m0/s1. The molecule has 0 saturated carbocycles. The van der Waals surface area contributed by atoms with Crippen LogP contribution in [0.5, 0.6) is 5.75 Å². The molecule has 1 aliphatic heterocycles. The molecule has 1 fully saturated rings. The van der Waals surface area contributed by atoms with Gasteiger partial charge in [0, 0.05) is 53.9 Å². The number of halogens is 4. The SMILES string of the molecule is CC[C@H]1CCN(c2ncc(C(=O)Nc3ccc(OC(F)(F)Cl)cc3)cc2-c2cncc(F)c2)C1. The summed E-state index contributed by atoms with van der Waals surface area (Å²) in [5.74, 6) is 0.114. The summed E-state index contributed by atoms with van der Waals surface area (Å²) >= 11 is 4.76. The molecule has 4 rings (SSSR count). The predicted octanol–water partition coefficient (Wildman–Crippen LogP) is 5.94. The zero-order chi connectivity index (χ0) is 24.3. The van der Waals surface area contributed by atoms with E-state index in [9.17, 15) is 18.0 Å². The van der Waals surface area contributed by atoms with Crippen LogP contribution in [0.4, 0.5) is 24.7 Å². The van der Waals surface area contributed by atoms with Crippen LogP contribution in [-0.4, -0.2) is 34.5 Å². The maximum atomic E-state index is 13.9. The lowest BCUT2D eigenvalue weighted by atomic mass is 10.0. The Morgan fingerprint density at radius 1 is 1.24 bits per heavy atom.